The summed E-state index contributed by atoms with van der Waals surface area (Å²) in [7, 11) is -3.83. The minimum absolute atomic E-state index is 0.0264. The van der Waals surface area contributed by atoms with Gasteiger partial charge in [-0.2, -0.15) is 5.26 Å². The third kappa shape index (κ3) is 3.43. The molecule has 0 unspecified atom stereocenters. The lowest BCUT2D eigenvalue weighted by Gasteiger charge is -2.06. The molecule has 0 aliphatic carbocycles. The predicted molar refractivity (Wildman–Crippen MR) is 63.8 cm³/mol. The number of aromatic carboxylic acids is 1. The second-order valence-corrected chi connectivity index (χ2v) is 5.43. The van der Waals surface area contributed by atoms with E-state index in [1.165, 1.54) is 12.1 Å². The lowest BCUT2D eigenvalue weighted by atomic mass is 10.2. The van der Waals surface area contributed by atoms with Gasteiger partial charge in [0.25, 0.3) is 0 Å². The second kappa shape index (κ2) is 5.82. The van der Waals surface area contributed by atoms with Crippen molar-refractivity contribution in [3.63, 3.8) is 0 Å². The summed E-state index contributed by atoms with van der Waals surface area (Å²) in [5.74, 6) is -1.31. The summed E-state index contributed by atoms with van der Waals surface area (Å²) in [6.45, 7) is -0.0378. The van der Waals surface area contributed by atoms with Gasteiger partial charge in [-0.25, -0.2) is 17.9 Å². The molecule has 1 aromatic rings. The average molecular weight is 289 g/mol. The van der Waals surface area contributed by atoms with Crippen LogP contribution in [-0.4, -0.2) is 26.0 Å². The molecule has 0 atom stereocenters. The molecule has 0 heterocycles. The summed E-state index contributed by atoms with van der Waals surface area (Å²) in [5, 5.41) is 17.1. The zero-order valence-corrected chi connectivity index (χ0v) is 10.6. The van der Waals surface area contributed by atoms with Crippen molar-refractivity contribution in [2.45, 2.75) is 11.3 Å². The van der Waals surface area contributed by atoms with E-state index in [0.717, 1.165) is 6.07 Å². The second-order valence-electron chi connectivity index (χ2n) is 3.25. The fourth-order valence-corrected chi connectivity index (χ4v) is 2.42. The fraction of sp³-hybridized carbons (Fsp3) is 0.200. The molecule has 96 valence electrons. The fourth-order valence-electron chi connectivity index (χ4n) is 1.16. The number of hydrogen-bond acceptors (Lipinski definition) is 4. The Kier molecular flexibility index (Phi) is 4.67. The topological polar surface area (TPSA) is 107 Å². The summed E-state index contributed by atoms with van der Waals surface area (Å²) in [4.78, 5) is 10.6. The maximum absolute atomic E-state index is 11.7. The zero-order chi connectivity index (χ0) is 13.8. The minimum atomic E-state index is -3.83. The molecule has 0 saturated carbocycles. The number of benzene rings is 1. The van der Waals surface area contributed by atoms with Crippen molar-refractivity contribution in [3.8, 4) is 6.07 Å². The zero-order valence-electron chi connectivity index (χ0n) is 9.05. The molecule has 0 aliphatic rings. The number of carboxylic acid groups (broad SMARTS) is 1. The number of hydrogen-bond donors (Lipinski definition) is 2. The van der Waals surface area contributed by atoms with Crippen molar-refractivity contribution in [2.75, 3.05) is 6.54 Å². The van der Waals surface area contributed by atoms with Gasteiger partial charge in [0.2, 0.25) is 10.0 Å². The molecule has 1 rings (SSSR count). The van der Waals surface area contributed by atoms with Gasteiger partial charge in [-0.1, -0.05) is 11.6 Å². The van der Waals surface area contributed by atoms with Crippen LogP contribution < -0.4 is 4.72 Å². The molecule has 2 N–H and O–H groups in total. The third-order valence-corrected chi connectivity index (χ3v) is 3.80. The van der Waals surface area contributed by atoms with Crippen molar-refractivity contribution in [3.05, 3.63) is 28.8 Å². The molecule has 0 spiro atoms. The van der Waals surface area contributed by atoms with Gasteiger partial charge in [0.15, 0.2) is 0 Å². The Morgan fingerprint density at radius 1 is 1.50 bits per heavy atom. The molecule has 1 aromatic carbocycles. The van der Waals surface area contributed by atoms with Crippen LogP contribution in [0.25, 0.3) is 0 Å². The first-order chi connectivity index (χ1) is 8.38. The lowest BCUT2D eigenvalue weighted by molar-refractivity contribution is 0.0697. The van der Waals surface area contributed by atoms with Crippen LogP contribution in [0, 0.1) is 11.3 Å². The van der Waals surface area contributed by atoms with Crippen LogP contribution in [0.3, 0.4) is 0 Å². The highest BCUT2D eigenvalue weighted by molar-refractivity contribution is 7.89. The first kappa shape index (κ1) is 14.4. The number of sulfonamides is 1. The van der Waals surface area contributed by atoms with E-state index >= 15 is 0 Å². The average Bonchev–Trinajstić information content (AvgIpc) is 2.29. The molecule has 0 aromatic heterocycles. The Hall–Kier alpha value is -1.62. The van der Waals surface area contributed by atoms with Crippen LogP contribution in [0.1, 0.15) is 16.8 Å². The van der Waals surface area contributed by atoms with Gasteiger partial charge in [0.05, 0.1) is 21.6 Å². The van der Waals surface area contributed by atoms with Crippen LogP contribution >= 0.6 is 11.6 Å². The normalized spacial score (nSPS) is 10.9. The number of nitrogens with one attached hydrogen (secondary N) is 1. The molecular weight excluding hydrogens is 280 g/mol. The Labute approximate surface area is 109 Å². The van der Waals surface area contributed by atoms with Gasteiger partial charge in [0.1, 0.15) is 0 Å². The van der Waals surface area contributed by atoms with E-state index in [1.54, 1.807) is 6.07 Å². The Morgan fingerprint density at radius 2 is 2.17 bits per heavy atom. The van der Waals surface area contributed by atoms with E-state index in [2.05, 4.69) is 4.72 Å². The highest BCUT2D eigenvalue weighted by Crippen LogP contribution is 2.20. The van der Waals surface area contributed by atoms with Crippen molar-refractivity contribution < 1.29 is 18.3 Å². The Morgan fingerprint density at radius 3 is 2.72 bits per heavy atom. The molecule has 0 aliphatic heterocycles. The predicted octanol–water partition coefficient (Wildman–Crippen LogP) is 1.23. The van der Waals surface area contributed by atoms with Gasteiger partial charge in [-0.3, -0.25) is 0 Å². The van der Waals surface area contributed by atoms with Gasteiger partial charge < -0.3 is 5.11 Å². The van der Waals surface area contributed by atoms with Crippen LogP contribution in [0.4, 0.5) is 0 Å². The van der Waals surface area contributed by atoms with E-state index in [4.69, 9.17) is 22.0 Å². The number of halogens is 1. The SMILES string of the molecule is N#CCCNS(=O)(=O)c1ccc(Cl)c(C(=O)O)c1. The van der Waals surface area contributed by atoms with Crippen LogP contribution in [-0.2, 0) is 10.0 Å². The first-order valence-electron chi connectivity index (χ1n) is 4.78. The van der Waals surface area contributed by atoms with Crippen LogP contribution in [0.2, 0.25) is 5.02 Å². The molecule has 0 bridgehead atoms. The molecule has 0 amide bonds. The Bertz CT molecular complexity index is 607. The van der Waals surface area contributed by atoms with Crippen molar-refractivity contribution in [1.82, 2.24) is 4.72 Å². The smallest absolute Gasteiger partial charge is 0.337 e. The highest BCUT2D eigenvalue weighted by Gasteiger charge is 2.17. The Balaban J connectivity index is 3.07. The van der Waals surface area contributed by atoms with Crippen LogP contribution in [0.5, 0.6) is 0 Å². The molecule has 8 heteroatoms. The summed E-state index contributed by atoms with van der Waals surface area (Å²) in [6, 6.07) is 5.16. The third-order valence-electron chi connectivity index (χ3n) is 2.01. The summed E-state index contributed by atoms with van der Waals surface area (Å²) < 4.78 is 25.6. The highest BCUT2D eigenvalue weighted by atomic mass is 35.5. The summed E-state index contributed by atoms with van der Waals surface area (Å²) in [5.41, 5.74) is -0.292. The monoisotopic (exact) mass is 288 g/mol. The van der Waals surface area contributed by atoms with Crippen LogP contribution in [0.15, 0.2) is 23.1 Å². The quantitative estimate of drug-likeness (QED) is 0.792. The largest absolute Gasteiger partial charge is 0.478 e. The van der Waals surface area contributed by atoms with E-state index in [-0.39, 0.29) is 28.4 Å². The first-order valence-corrected chi connectivity index (χ1v) is 6.64. The van der Waals surface area contributed by atoms with E-state index in [0.29, 0.717) is 0 Å². The van der Waals surface area contributed by atoms with E-state index < -0.39 is 16.0 Å². The van der Waals surface area contributed by atoms with Gasteiger partial charge >= 0.3 is 5.97 Å². The maximum Gasteiger partial charge on any atom is 0.337 e. The van der Waals surface area contributed by atoms with E-state index in [1.807, 2.05) is 0 Å². The molecule has 18 heavy (non-hydrogen) atoms. The molecule has 0 fully saturated rings. The standard InChI is InChI=1S/C10H9ClN2O4S/c11-9-3-2-7(6-8(9)10(14)15)18(16,17)13-5-1-4-12/h2-3,6,13H,1,5H2,(H,14,15). The van der Waals surface area contributed by atoms with Crippen molar-refractivity contribution in [2.24, 2.45) is 0 Å². The number of nitriles is 1. The van der Waals surface area contributed by atoms with Crippen molar-refractivity contribution >= 4 is 27.6 Å². The number of nitrogens with zero attached hydrogens (tertiary/aromatic N) is 1. The molecule has 0 saturated heterocycles. The van der Waals surface area contributed by atoms with Crippen molar-refractivity contribution in [1.29, 1.82) is 5.26 Å². The number of carboxylic acids is 1. The van der Waals surface area contributed by atoms with Gasteiger partial charge in [0, 0.05) is 13.0 Å². The minimum Gasteiger partial charge on any atom is -0.478 e. The number of carbonyl (C=O) groups is 1. The molecule has 6 nitrogen and oxygen atoms in total. The number of rotatable bonds is 5. The summed E-state index contributed by atoms with van der Waals surface area (Å²) in [6.07, 6.45) is 0.0264. The lowest BCUT2D eigenvalue weighted by Crippen LogP contribution is -2.24. The van der Waals surface area contributed by atoms with E-state index in [9.17, 15) is 13.2 Å². The summed E-state index contributed by atoms with van der Waals surface area (Å²) >= 11 is 5.63. The van der Waals surface area contributed by atoms with Gasteiger partial charge in [-0.15, -0.1) is 0 Å². The molecular formula is C10H9ClN2O4S. The molecule has 0 radical (unpaired) electrons. The van der Waals surface area contributed by atoms with Gasteiger partial charge in [-0.05, 0) is 18.2 Å². The maximum atomic E-state index is 11.7.